The molecule has 0 aliphatic rings. The van der Waals surface area contributed by atoms with Crippen molar-refractivity contribution in [1.29, 1.82) is 0 Å². The van der Waals surface area contributed by atoms with Crippen molar-refractivity contribution in [2.75, 3.05) is 13.7 Å². The van der Waals surface area contributed by atoms with Gasteiger partial charge in [-0.3, -0.25) is 4.79 Å². The second-order valence-corrected chi connectivity index (χ2v) is 7.81. The van der Waals surface area contributed by atoms with Gasteiger partial charge in [0.15, 0.2) is 6.61 Å². The maximum absolute atomic E-state index is 13.2. The van der Waals surface area contributed by atoms with E-state index in [9.17, 15) is 14.0 Å². The van der Waals surface area contributed by atoms with Crippen LogP contribution in [0.1, 0.15) is 20.9 Å². The first-order valence-corrected chi connectivity index (χ1v) is 9.80. The van der Waals surface area contributed by atoms with Crippen LogP contribution in [-0.2, 0) is 16.1 Å². The molecule has 27 heavy (non-hydrogen) atoms. The molecule has 0 atom stereocenters. The molecule has 0 saturated carbocycles. The maximum Gasteiger partial charge on any atom is 0.350 e. The number of benzene rings is 1. The molecule has 0 fully saturated rings. The molecule has 0 unspecified atom stereocenters. The molecule has 1 aromatic carbocycles. The molecule has 0 radical (unpaired) electrons. The number of aryl methyl sites for hydroxylation is 1. The largest absolute Gasteiger partial charge is 0.451 e. The Hall–Kier alpha value is -2.58. The highest BCUT2D eigenvalue weighted by molar-refractivity contribution is 7.22. The van der Waals surface area contributed by atoms with Gasteiger partial charge < -0.3 is 9.64 Å². The number of carbonyl (C=O) groups is 2. The number of halogens is 1. The van der Waals surface area contributed by atoms with Gasteiger partial charge in [0.05, 0.1) is 10.6 Å². The predicted molar refractivity (Wildman–Crippen MR) is 103 cm³/mol. The van der Waals surface area contributed by atoms with Crippen molar-refractivity contribution in [3.05, 3.63) is 63.7 Å². The highest BCUT2D eigenvalue weighted by Crippen LogP contribution is 2.31. The van der Waals surface area contributed by atoms with Crippen molar-refractivity contribution in [1.82, 2.24) is 9.88 Å². The zero-order valence-corrected chi connectivity index (χ0v) is 16.4. The van der Waals surface area contributed by atoms with Gasteiger partial charge in [0.1, 0.15) is 15.7 Å². The number of rotatable bonds is 6. The summed E-state index contributed by atoms with van der Waals surface area (Å²) in [5, 5.41) is 2.70. The summed E-state index contributed by atoms with van der Waals surface area (Å²) in [6.07, 6.45) is 0. The van der Waals surface area contributed by atoms with Crippen LogP contribution in [0.5, 0.6) is 0 Å². The van der Waals surface area contributed by atoms with Crippen LogP contribution < -0.4 is 0 Å². The Bertz CT molecular complexity index is 954. The average Bonchev–Trinajstić information content (AvgIpc) is 3.28. The lowest BCUT2D eigenvalue weighted by Crippen LogP contribution is -2.30. The maximum atomic E-state index is 13.2. The minimum Gasteiger partial charge on any atom is -0.451 e. The van der Waals surface area contributed by atoms with Gasteiger partial charge in [-0.1, -0.05) is 18.2 Å². The van der Waals surface area contributed by atoms with Crippen molar-refractivity contribution >= 4 is 34.6 Å². The van der Waals surface area contributed by atoms with Crippen molar-refractivity contribution < 1.29 is 18.7 Å². The van der Waals surface area contributed by atoms with Crippen molar-refractivity contribution in [2.24, 2.45) is 0 Å². The monoisotopic (exact) mass is 404 g/mol. The number of nitrogens with zero attached hydrogens (tertiary/aromatic N) is 2. The Morgan fingerprint density at radius 1 is 1.26 bits per heavy atom. The van der Waals surface area contributed by atoms with E-state index in [-0.39, 0.29) is 24.9 Å². The molecule has 0 N–H and O–H groups in total. The molecule has 0 spiro atoms. The first-order chi connectivity index (χ1) is 12.9. The highest BCUT2D eigenvalue weighted by atomic mass is 32.1. The molecule has 1 amide bonds. The summed E-state index contributed by atoms with van der Waals surface area (Å²) in [5.74, 6) is -1.30. The molecule has 8 heteroatoms. The van der Waals surface area contributed by atoms with E-state index in [0.29, 0.717) is 16.1 Å². The van der Waals surface area contributed by atoms with Gasteiger partial charge in [-0.2, -0.15) is 0 Å². The molecule has 3 rings (SSSR count). The van der Waals surface area contributed by atoms with Gasteiger partial charge in [0, 0.05) is 13.6 Å². The van der Waals surface area contributed by atoms with Crippen LogP contribution in [0.3, 0.4) is 0 Å². The van der Waals surface area contributed by atoms with Crippen LogP contribution in [0.2, 0.25) is 0 Å². The van der Waals surface area contributed by atoms with Crippen LogP contribution in [0.15, 0.2) is 41.8 Å². The number of aromatic nitrogens is 1. The third-order valence-electron chi connectivity index (χ3n) is 3.78. The van der Waals surface area contributed by atoms with Gasteiger partial charge in [0.2, 0.25) is 0 Å². The Balaban J connectivity index is 1.58. The second kappa shape index (κ2) is 8.41. The van der Waals surface area contributed by atoms with Gasteiger partial charge in [-0.15, -0.1) is 22.7 Å². The van der Waals surface area contributed by atoms with E-state index >= 15 is 0 Å². The third-order valence-corrected chi connectivity index (χ3v) is 5.95. The van der Waals surface area contributed by atoms with E-state index < -0.39 is 5.97 Å². The third kappa shape index (κ3) is 4.78. The number of hydrogen-bond donors (Lipinski definition) is 0. The second-order valence-electron chi connectivity index (χ2n) is 5.87. The number of carbonyl (C=O) groups excluding carboxylic acids is 2. The number of esters is 1. The number of ether oxygens (including phenoxy) is 1. The first kappa shape index (κ1) is 19.2. The van der Waals surface area contributed by atoms with Gasteiger partial charge in [-0.25, -0.2) is 14.2 Å². The first-order valence-electron chi connectivity index (χ1n) is 8.11. The van der Waals surface area contributed by atoms with E-state index in [2.05, 4.69) is 4.98 Å². The van der Waals surface area contributed by atoms with Crippen LogP contribution >= 0.6 is 22.7 Å². The summed E-state index contributed by atoms with van der Waals surface area (Å²) in [6, 6.07) is 9.87. The lowest BCUT2D eigenvalue weighted by atomic mass is 10.2. The van der Waals surface area contributed by atoms with Crippen LogP contribution in [0.4, 0.5) is 4.39 Å². The SMILES string of the molecule is Cc1nc(-c2cccs2)sc1C(=O)OCC(=O)N(C)Cc1cccc(F)c1. The van der Waals surface area contributed by atoms with E-state index in [4.69, 9.17) is 4.74 Å². The normalized spacial score (nSPS) is 10.6. The summed E-state index contributed by atoms with van der Waals surface area (Å²) in [5.41, 5.74) is 1.24. The minimum atomic E-state index is -0.569. The van der Waals surface area contributed by atoms with Gasteiger partial charge in [-0.05, 0) is 36.1 Å². The Morgan fingerprint density at radius 2 is 2.07 bits per heavy atom. The van der Waals surface area contributed by atoms with E-state index in [0.717, 1.165) is 9.88 Å². The lowest BCUT2D eigenvalue weighted by Gasteiger charge is -2.17. The molecule has 0 saturated heterocycles. The lowest BCUT2D eigenvalue weighted by molar-refractivity contribution is -0.133. The molecule has 2 heterocycles. The smallest absolute Gasteiger partial charge is 0.350 e. The number of likely N-dealkylation sites (N-methyl/N-ethyl adjacent to an activating group) is 1. The summed E-state index contributed by atoms with van der Waals surface area (Å²) in [6.45, 7) is 1.59. The average molecular weight is 404 g/mol. The molecular weight excluding hydrogens is 387 g/mol. The number of hydrogen-bond acceptors (Lipinski definition) is 6. The molecule has 2 aromatic heterocycles. The molecule has 5 nitrogen and oxygen atoms in total. The van der Waals surface area contributed by atoms with Crippen LogP contribution in [-0.4, -0.2) is 35.4 Å². The number of amides is 1. The van der Waals surface area contributed by atoms with Crippen LogP contribution in [0.25, 0.3) is 9.88 Å². The zero-order valence-electron chi connectivity index (χ0n) is 14.8. The van der Waals surface area contributed by atoms with Crippen molar-refractivity contribution in [3.63, 3.8) is 0 Å². The van der Waals surface area contributed by atoms with Gasteiger partial charge in [0.25, 0.3) is 5.91 Å². The molecule has 0 bridgehead atoms. The van der Waals surface area contributed by atoms with Gasteiger partial charge >= 0.3 is 5.97 Å². The summed E-state index contributed by atoms with van der Waals surface area (Å²) in [4.78, 5) is 31.7. The summed E-state index contributed by atoms with van der Waals surface area (Å²) in [7, 11) is 1.58. The number of thiophene rings is 1. The Kier molecular flexibility index (Phi) is 5.98. The molecule has 3 aromatic rings. The number of thiazole rings is 1. The Morgan fingerprint density at radius 3 is 2.78 bits per heavy atom. The topological polar surface area (TPSA) is 59.5 Å². The van der Waals surface area contributed by atoms with E-state index in [1.807, 2.05) is 17.5 Å². The summed E-state index contributed by atoms with van der Waals surface area (Å²) < 4.78 is 18.4. The fourth-order valence-corrected chi connectivity index (χ4v) is 4.15. The van der Waals surface area contributed by atoms with Crippen molar-refractivity contribution in [3.8, 4) is 9.88 Å². The van der Waals surface area contributed by atoms with E-state index in [1.54, 1.807) is 37.4 Å². The molecular formula is C19H17FN2O3S2. The highest BCUT2D eigenvalue weighted by Gasteiger charge is 2.20. The molecule has 0 aliphatic carbocycles. The zero-order chi connectivity index (χ0) is 19.4. The van der Waals surface area contributed by atoms with E-state index in [1.165, 1.54) is 28.4 Å². The Labute approximate surface area is 164 Å². The summed E-state index contributed by atoms with van der Waals surface area (Å²) >= 11 is 2.79. The minimum absolute atomic E-state index is 0.232. The fraction of sp³-hybridized carbons (Fsp3) is 0.211. The van der Waals surface area contributed by atoms with Crippen molar-refractivity contribution in [2.45, 2.75) is 13.5 Å². The fourth-order valence-electron chi connectivity index (χ4n) is 2.39. The molecule has 140 valence electrons. The predicted octanol–water partition coefficient (Wildman–Crippen LogP) is 4.13. The van der Waals surface area contributed by atoms with Crippen LogP contribution in [0, 0.1) is 12.7 Å². The standard InChI is InChI=1S/C19H17FN2O3S2/c1-12-17(27-18(21-12)15-7-4-8-26-15)19(24)25-11-16(23)22(2)10-13-5-3-6-14(20)9-13/h3-9H,10-11H2,1-2H3. The molecule has 0 aliphatic heterocycles. The quantitative estimate of drug-likeness (QED) is 0.580.